The predicted octanol–water partition coefficient (Wildman–Crippen LogP) is 2.62. The van der Waals surface area contributed by atoms with Crippen LogP contribution in [0.3, 0.4) is 0 Å². The molecule has 5 nitrogen and oxygen atoms in total. The van der Waals surface area contributed by atoms with Crippen molar-refractivity contribution in [2.24, 2.45) is 0 Å². The molecule has 2 aromatic rings. The third kappa shape index (κ3) is 3.39. The lowest BCUT2D eigenvalue weighted by molar-refractivity contribution is 0.213. The number of benzene rings is 2. The van der Waals surface area contributed by atoms with E-state index >= 15 is 0 Å². The number of para-hydroxylation sites is 1. The first-order chi connectivity index (χ1) is 11.1. The van der Waals surface area contributed by atoms with E-state index in [2.05, 4.69) is 0 Å². The number of aliphatic hydroxyl groups excluding tert-OH is 1. The fourth-order valence-corrected chi connectivity index (χ4v) is 4.43. The van der Waals surface area contributed by atoms with Gasteiger partial charge < -0.3 is 9.84 Å². The fraction of sp³-hybridized carbons (Fsp3) is 0.294. The van der Waals surface area contributed by atoms with Gasteiger partial charge in [-0.3, -0.25) is 0 Å². The summed E-state index contributed by atoms with van der Waals surface area (Å²) >= 11 is 0. The SMILES string of the molecule is O=S(=O)(c1ccc(Oc2ccccc2)cc1)N1CCC[C@@H]1CO. The minimum absolute atomic E-state index is 0.144. The van der Waals surface area contributed by atoms with Crippen LogP contribution in [0, 0.1) is 0 Å². The van der Waals surface area contributed by atoms with Gasteiger partial charge in [0.15, 0.2) is 0 Å². The first-order valence-electron chi connectivity index (χ1n) is 7.57. The first kappa shape index (κ1) is 16.0. The number of rotatable bonds is 5. The Labute approximate surface area is 136 Å². The zero-order valence-electron chi connectivity index (χ0n) is 12.6. The molecule has 3 rings (SSSR count). The number of sulfonamides is 1. The van der Waals surface area contributed by atoms with Crippen LogP contribution >= 0.6 is 0 Å². The van der Waals surface area contributed by atoms with Gasteiger partial charge in [0.1, 0.15) is 11.5 Å². The van der Waals surface area contributed by atoms with Gasteiger partial charge >= 0.3 is 0 Å². The Bertz CT molecular complexity index is 744. The monoisotopic (exact) mass is 333 g/mol. The minimum Gasteiger partial charge on any atom is -0.457 e. The van der Waals surface area contributed by atoms with Gasteiger partial charge in [-0.25, -0.2) is 8.42 Å². The molecule has 122 valence electrons. The maximum atomic E-state index is 12.6. The minimum atomic E-state index is -3.57. The molecule has 0 amide bonds. The lowest BCUT2D eigenvalue weighted by Crippen LogP contribution is -2.37. The van der Waals surface area contributed by atoms with Gasteiger partial charge in [-0.2, -0.15) is 4.31 Å². The molecule has 0 radical (unpaired) electrons. The Balaban J connectivity index is 1.79. The third-order valence-corrected chi connectivity index (χ3v) is 5.91. The van der Waals surface area contributed by atoms with E-state index in [0.717, 1.165) is 6.42 Å². The zero-order valence-corrected chi connectivity index (χ0v) is 13.4. The maximum Gasteiger partial charge on any atom is 0.243 e. The van der Waals surface area contributed by atoms with Crippen LogP contribution in [0.2, 0.25) is 0 Å². The second-order valence-corrected chi connectivity index (χ2v) is 7.37. The van der Waals surface area contributed by atoms with Crippen LogP contribution < -0.4 is 4.74 Å². The van der Waals surface area contributed by atoms with E-state index < -0.39 is 10.0 Å². The molecule has 1 aliphatic heterocycles. The second-order valence-electron chi connectivity index (χ2n) is 5.48. The Hall–Kier alpha value is -1.89. The van der Waals surface area contributed by atoms with Gasteiger partial charge in [0.25, 0.3) is 0 Å². The third-order valence-electron chi connectivity index (χ3n) is 3.94. The summed E-state index contributed by atoms with van der Waals surface area (Å²) in [6.07, 6.45) is 1.48. The molecule has 1 aliphatic rings. The zero-order chi connectivity index (χ0) is 16.3. The van der Waals surface area contributed by atoms with Crippen LogP contribution in [0.15, 0.2) is 59.5 Å². The van der Waals surface area contributed by atoms with Crippen LogP contribution in [0.1, 0.15) is 12.8 Å². The highest BCUT2D eigenvalue weighted by Gasteiger charge is 2.34. The molecule has 0 unspecified atom stereocenters. The summed E-state index contributed by atoms with van der Waals surface area (Å²) in [5.74, 6) is 1.28. The van der Waals surface area contributed by atoms with E-state index in [4.69, 9.17) is 4.74 Å². The largest absolute Gasteiger partial charge is 0.457 e. The standard InChI is InChI=1S/C17H19NO4S/c19-13-14-5-4-12-18(14)23(20,21)17-10-8-16(9-11-17)22-15-6-2-1-3-7-15/h1-3,6-11,14,19H,4-5,12-13H2/t14-/m1/s1. The van der Waals surface area contributed by atoms with Gasteiger partial charge in [0.2, 0.25) is 10.0 Å². The van der Waals surface area contributed by atoms with Crippen molar-refractivity contribution in [3.8, 4) is 11.5 Å². The molecule has 0 spiro atoms. The molecule has 1 fully saturated rings. The highest BCUT2D eigenvalue weighted by Crippen LogP contribution is 2.28. The average molecular weight is 333 g/mol. The second kappa shape index (κ2) is 6.70. The number of hydrogen-bond acceptors (Lipinski definition) is 4. The van der Waals surface area contributed by atoms with Crippen LogP contribution in [0.5, 0.6) is 11.5 Å². The van der Waals surface area contributed by atoms with E-state index in [1.165, 1.54) is 4.31 Å². The highest BCUT2D eigenvalue weighted by atomic mass is 32.2. The number of nitrogens with zero attached hydrogens (tertiary/aromatic N) is 1. The molecule has 6 heteroatoms. The van der Waals surface area contributed by atoms with Gasteiger partial charge in [-0.05, 0) is 49.2 Å². The molecule has 1 heterocycles. The molecule has 2 aromatic carbocycles. The summed E-state index contributed by atoms with van der Waals surface area (Å²) in [5, 5.41) is 9.33. The molecule has 0 aromatic heterocycles. The highest BCUT2D eigenvalue weighted by molar-refractivity contribution is 7.89. The van der Waals surface area contributed by atoms with Gasteiger partial charge in [-0.1, -0.05) is 18.2 Å². The van der Waals surface area contributed by atoms with E-state index in [9.17, 15) is 13.5 Å². The van der Waals surface area contributed by atoms with Crippen molar-refractivity contribution in [3.63, 3.8) is 0 Å². The number of hydrogen-bond donors (Lipinski definition) is 1. The van der Waals surface area contributed by atoms with E-state index in [0.29, 0.717) is 24.5 Å². The van der Waals surface area contributed by atoms with E-state index in [-0.39, 0.29) is 17.5 Å². The van der Waals surface area contributed by atoms with Gasteiger partial charge in [0, 0.05) is 12.6 Å². The smallest absolute Gasteiger partial charge is 0.243 e. The van der Waals surface area contributed by atoms with E-state index in [1.54, 1.807) is 24.3 Å². The molecular weight excluding hydrogens is 314 g/mol. The molecule has 1 atom stereocenters. The quantitative estimate of drug-likeness (QED) is 0.913. The van der Waals surface area contributed by atoms with Crippen molar-refractivity contribution in [1.29, 1.82) is 0 Å². The van der Waals surface area contributed by atoms with Crippen molar-refractivity contribution in [2.75, 3.05) is 13.2 Å². The van der Waals surface area contributed by atoms with Gasteiger partial charge in [0.05, 0.1) is 11.5 Å². The molecular formula is C17H19NO4S. The first-order valence-corrected chi connectivity index (χ1v) is 9.01. The van der Waals surface area contributed by atoms with Crippen molar-refractivity contribution in [3.05, 3.63) is 54.6 Å². The van der Waals surface area contributed by atoms with Crippen LogP contribution in [-0.2, 0) is 10.0 Å². The Morgan fingerprint density at radius 3 is 2.35 bits per heavy atom. The van der Waals surface area contributed by atoms with Crippen LogP contribution in [0.4, 0.5) is 0 Å². The van der Waals surface area contributed by atoms with Crippen molar-refractivity contribution in [2.45, 2.75) is 23.8 Å². The molecule has 1 N–H and O–H groups in total. The summed E-state index contributed by atoms with van der Waals surface area (Å²) in [4.78, 5) is 0.221. The number of aliphatic hydroxyl groups is 1. The Kier molecular flexibility index (Phi) is 4.66. The van der Waals surface area contributed by atoms with Crippen molar-refractivity contribution >= 4 is 10.0 Å². The topological polar surface area (TPSA) is 66.8 Å². The Morgan fingerprint density at radius 1 is 1.04 bits per heavy atom. The maximum absolute atomic E-state index is 12.6. The number of ether oxygens (including phenoxy) is 1. The summed E-state index contributed by atoms with van der Waals surface area (Å²) in [6, 6.07) is 15.4. The normalized spacial score (nSPS) is 18.9. The average Bonchev–Trinajstić information content (AvgIpc) is 3.06. The van der Waals surface area contributed by atoms with E-state index in [1.807, 2.05) is 30.3 Å². The summed E-state index contributed by atoms with van der Waals surface area (Å²) in [7, 11) is -3.57. The fourth-order valence-electron chi connectivity index (χ4n) is 2.75. The molecule has 0 aliphatic carbocycles. The Morgan fingerprint density at radius 2 is 1.70 bits per heavy atom. The summed E-state index contributed by atoms with van der Waals surface area (Å²) < 4.78 is 32.3. The van der Waals surface area contributed by atoms with Gasteiger partial charge in [-0.15, -0.1) is 0 Å². The predicted molar refractivity (Wildman–Crippen MR) is 87.0 cm³/mol. The lowest BCUT2D eigenvalue weighted by Gasteiger charge is -2.22. The molecule has 0 saturated carbocycles. The summed E-state index contributed by atoms with van der Waals surface area (Å²) in [6.45, 7) is 0.310. The molecule has 0 bridgehead atoms. The van der Waals surface area contributed by atoms with Crippen LogP contribution in [0.25, 0.3) is 0 Å². The van der Waals surface area contributed by atoms with Crippen molar-refractivity contribution in [1.82, 2.24) is 4.31 Å². The molecule has 23 heavy (non-hydrogen) atoms. The van der Waals surface area contributed by atoms with Crippen molar-refractivity contribution < 1.29 is 18.3 Å². The summed E-state index contributed by atoms with van der Waals surface area (Å²) in [5.41, 5.74) is 0. The van der Waals surface area contributed by atoms with Crippen LogP contribution in [-0.4, -0.2) is 37.0 Å². The molecule has 1 saturated heterocycles. The lowest BCUT2D eigenvalue weighted by atomic mass is 10.2.